The Morgan fingerprint density at radius 3 is 2.47 bits per heavy atom. The molecule has 1 heterocycles. The van der Waals surface area contributed by atoms with Gasteiger partial charge in [0.25, 0.3) is 5.91 Å². The molecular weight excluding hydrogens is 246 g/mol. The van der Waals surface area contributed by atoms with Crippen LogP contribution in [-0.2, 0) is 9.59 Å². The predicted molar refractivity (Wildman–Crippen MR) is 60.2 cm³/mol. The van der Waals surface area contributed by atoms with Crippen LogP contribution in [0.25, 0.3) is 0 Å². The number of aryl methyl sites for hydroxylation is 1. The molecule has 1 amide bonds. The van der Waals surface area contributed by atoms with Crippen LogP contribution in [0.4, 0.5) is 0 Å². The van der Waals surface area contributed by atoms with Gasteiger partial charge in [0, 0.05) is 0 Å². The van der Waals surface area contributed by atoms with Gasteiger partial charge in [-0.2, -0.15) is 0 Å². The molecule has 0 unspecified atom stereocenters. The Morgan fingerprint density at radius 1 is 1.41 bits per heavy atom. The van der Waals surface area contributed by atoms with Crippen molar-refractivity contribution in [1.29, 1.82) is 0 Å². The second-order valence-corrected chi connectivity index (χ2v) is 4.31. The van der Waals surface area contributed by atoms with E-state index in [9.17, 15) is 14.4 Å². The Bertz CT molecular complexity index is 453. The van der Waals surface area contributed by atoms with E-state index in [0.29, 0.717) is 4.88 Å². The van der Waals surface area contributed by atoms with Crippen LogP contribution in [0.15, 0.2) is 11.4 Å². The molecule has 0 spiro atoms. The molecule has 92 valence electrons. The molecule has 7 heteroatoms. The molecule has 1 aromatic heterocycles. The van der Waals surface area contributed by atoms with Gasteiger partial charge in [-0.3, -0.25) is 9.59 Å². The first-order chi connectivity index (χ1) is 7.91. The van der Waals surface area contributed by atoms with Crippen molar-refractivity contribution in [3.05, 3.63) is 21.9 Å². The number of nitrogens with one attached hydrogen (secondary N) is 1. The van der Waals surface area contributed by atoms with Gasteiger partial charge in [-0.1, -0.05) is 0 Å². The average Bonchev–Trinajstić information content (AvgIpc) is 2.62. The van der Waals surface area contributed by atoms with Gasteiger partial charge in [-0.25, -0.2) is 4.79 Å². The highest BCUT2D eigenvalue weighted by molar-refractivity contribution is 7.12. The van der Waals surface area contributed by atoms with E-state index in [4.69, 9.17) is 10.2 Å². The smallest absolute Gasteiger partial charge is 0.326 e. The number of rotatable bonds is 5. The third-order valence-electron chi connectivity index (χ3n) is 2.05. The minimum Gasteiger partial charge on any atom is -0.481 e. The zero-order valence-electron chi connectivity index (χ0n) is 8.97. The molecule has 0 fully saturated rings. The minimum atomic E-state index is -1.42. The number of aliphatic carboxylic acids is 2. The first-order valence-electron chi connectivity index (χ1n) is 4.71. The van der Waals surface area contributed by atoms with Gasteiger partial charge in [-0.15, -0.1) is 11.3 Å². The lowest BCUT2D eigenvalue weighted by atomic mass is 10.2. The Labute approximate surface area is 101 Å². The van der Waals surface area contributed by atoms with Crippen molar-refractivity contribution in [3.63, 3.8) is 0 Å². The maximum absolute atomic E-state index is 11.7. The molecule has 1 aromatic rings. The van der Waals surface area contributed by atoms with E-state index in [1.807, 2.05) is 0 Å². The summed E-state index contributed by atoms with van der Waals surface area (Å²) in [6.45, 7) is 1.72. The third-order valence-corrected chi connectivity index (χ3v) is 3.07. The van der Waals surface area contributed by atoms with Crippen molar-refractivity contribution < 1.29 is 24.6 Å². The first kappa shape index (κ1) is 13.2. The van der Waals surface area contributed by atoms with Crippen LogP contribution in [0, 0.1) is 6.92 Å². The number of carbonyl (C=O) groups is 3. The van der Waals surface area contributed by atoms with Crippen LogP contribution in [0.2, 0.25) is 0 Å². The van der Waals surface area contributed by atoms with Crippen molar-refractivity contribution in [2.45, 2.75) is 19.4 Å². The summed E-state index contributed by atoms with van der Waals surface area (Å²) in [7, 11) is 0. The fourth-order valence-corrected chi connectivity index (χ4v) is 2.03. The van der Waals surface area contributed by atoms with Gasteiger partial charge in [0.2, 0.25) is 0 Å². The third kappa shape index (κ3) is 3.56. The molecule has 0 aliphatic carbocycles. The van der Waals surface area contributed by atoms with Crippen LogP contribution >= 0.6 is 11.3 Å². The maximum Gasteiger partial charge on any atom is 0.326 e. The van der Waals surface area contributed by atoms with Gasteiger partial charge in [0.1, 0.15) is 6.04 Å². The summed E-state index contributed by atoms with van der Waals surface area (Å²) in [5.41, 5.74) is 0.729. The highest BCUT2D eigenvalue weighted by atomic mass is 32.1. The number of hydrogen-bond acceptors (Lipinski definition) is 4. The summed E-state index contributed by atoms with van der Waals surface area (Å²) in [4.78, 5) is 33.2. The lowest BCUT2D eigenvalue weighted by Crippen LogP contribution is -2.42. The quantitative estimate of drug-likeness (QED) is 0.720. The zero-order valence-corrected chi connectivity index (χ0v) is 9.78. The van der Waals surface area contributed by atoms with Crippen molar-refractivity contribution in [2.24, 2.45) is 0 Å². The number of carbonyl (C=O) groups excluding carboxylic acids is 1. The van der Waals surface area contributed by atoms with Crippen molar-refractivity contribution in [3.8, 4) is 0 Å². The molecule has 0 saturated carbocycles. The van der Waals surface area contributed by atoms with Crippen LogP contribution in [-0.4, -0.2) is 34.1 Å². The Kier molecular flexibility index (Phi) is 4.22. The molecule has 3 N–H and O–H groups in total. The molecule has 0 aliphatic heterocycles. The van der Waals surface area contributed by atoms with E-state index >= 15 is 0 Å². The summed E-state index contributed by atoms with van der Waals surface area (Å²) in [5, 5.41) is 21.2. The summed E-state index contributed by atoms with van der Waals surface area (Å²) in [6.07, 6.45) is -0.647. The fourth-order valence-electron chi connectivity index (χ4n) is 1.20. The fraction of sp³-hybridized carbons (Fsp3) is 0.300. The second kappa shape index (κ2) is 5.44. The molecule has 0 aromatic carbocycles. The van der Waals surface area contributed by atoms with Crippen molar-refractivity contribution in [1.82, 2.24) is 5.32 Å². The number of amides is 1. The predicted octanol–water partition coefficient (Wildman–Crippen LogP) is 0.714. The lowest BCUT2D eigenvalue weighted by Gasteiger charge is -2.11. The Hall–Kier alpha value is -1.89. The van der Waals surface area contributed by atoms with E-state index < -0.39 is 30.3 Å². The van der Waals surface area contributed by atoms with Gasteiger partial charge < -0.3 is 15.5 Å². The minimum absolute atomic E-state index is 0.390. The number of hydrogen-bond donors (Lipinski definition) is 3. The van der Waals surface area contributed by atoms with E-state index in [0.717, 1.165) is 5.56 Å². The molecule has 0 aliphatic rings. The Morgan fingerprint density at radius 2 is 2.06 bits per heavy atom. The van der Waals surface area contributed by atoms with Gasteiger partial charge in [0.05, 0.1) is 11.3 Å². The van der Waals surface area contributed by atoms with E-state index in [-0.39, 0.29) is 0 Å². The second-order valence-electron chi connectivity index (χ2n) is 3.39. The first-order valence-corrected chi connectivity index (χ1v) is 5.59. The molecule has 0 radical (unpaired) electrons. The van der Waals surface area contributed by atoms with E-state index in [2.05, 4.69) is 5.32 Å². The molecule has 6 nitrogen and oxygen atoms in total. The number of carboxylic acid groups (broad SMARTS) is 2. The SMILES string of the molecule is Cc1ccsc1C(=O)N[C@@H](CC(=O)O)C(=O)O. The largest absolute Gasteiger partial charge is 0.481 e. The number of thiophene rings is 1. The van der Waals surface area contributed by atoms with E-state index in [1.165, 1.54) is 11.3 Å². The highest BCUT2D eigenvalue weighted by Gasteiger charge is 2.24. The van der Waals surface area contributed by atoms with Crippen LogP contribution < -0.4 is 5.32 Å². The van der Waals surface area contributed by atoms with Crippen LogP contribution in [0.3, 0.4) is 0 Å². The van der Waals surface area contributed by atoms with Crippen LogP contribution in [0.5, 0.6) is 0 Å². The van der Waals surface area contributed by atoms with E-state index in [1.54, 1.807) is 18.4 Å². The number of carboxylic acids is 2. The summed E-state index contributed by atoms with van der Waals surface area (Å²) in [6, 6.07) is 0.313. The monoisotopic (exact) mass is 257 g/mol. The molecule has 17 heavy (non-hydrogen) atoms. The van der Waals surface area contributed by atoms with Crippen molar-refractivity contribution in [2.75, 3.05) is 0 Å². The molecule has 0 bridgehead atoms. The summed E-state index contributed by atoms with van der Waals surface area (Å²) < 4.78 is 0. The van der Waals surface area contributed by atoms with Gasteiger partial charge >= 0.3 is 11.9 Å². The van der Waals surface area contributed by atoms with Crippen molar-refractivity contribution >= 4 is 29.2 Å². The normalized spacial score (nSPS) is 11.8. The van der Waals surface area contributed by atoms with Gasteiger partial charge in [-0.05, 0) is 23.9 Å². The average molecular weight is 257 g/mol. The topological polar surface area (TPSA) is 104 Å². The molecule has 1 atom stereocenters. The lowest BCUT2D eigenvalue weighted by molar-refractivity contribution is -0.145. The molecular formula is C10H11NO5S. The molecule has 0 saturated heterocycles. The molecule has 1 rings (SSSR count). The van der Waals surface area contributed by atoms with Crippen LogP contribution in [0.1, 0.15) is 21.7 Å². The highest BCUT2D eigenvalue weighted by Crippen LogP contribution is 2.15. The standard InChI is InChI=1S/C10H11NO5S/c1-5-2-3-17-8(5)9(14)11-6(10(15)16)4-7(12)13/h2-3,6H,4H2,1H3,(H,11,14)(H,12,13)(H,15,16)/t6-/m0/s1. The zero-order chi connectivity index (χ0) is 13.0. The summed E-state index contributed by atoms with van der Waals surface area (Å²) >= 11 is 1.18. The van der Waals surface area contributed by atoms with Gasteiger partial charge in [0.15, 0.2) is 0 Å². The summed E-state index contributed by atoms with van der Waals surface area (Å²) in [5.74, 6) is -3.21. The maximum atomic E-state index is 11.7. The Balaban J connectivity index is 2.74.